The van der Waals surface area contributed by atoms with Gasteiger partial charge in [0.05, 0.1) is 49.7 Å². The number of rotatable bonds is 3. The maximum absolute atomic E-state index is 4.90. The fourth-order valence-electron chi connectivity index (χ4n) is 7.12. The van der Waals surface area contributed by atoms with Crippen molar-refractivity contribution in [2.75, 3.05) is 0 Å². The maximum Gasteiger partial charge on any atom is 0.0964 e. The highest BCUT2D eigenvalue weighted by molar-refractivity contribution is 6.11. The van der Waals surface area contributed by atoms with Crippen molar-refractivity contribution in [2.24, 2.45) is 0 Å². The summed E-state index contributed by atoms with van der Waals surface area (Å²) in [5, 5.41) is 3.36. The van der Waals surface area contributed by atoms with Crippen molar-refractivity contribution < 1.29 is 0 Å². The van der Waals surface area contributed by atoms with Crippen molar-refractivity contribution in [3.63, 3.8) is 0 Å². The van der Waals surface area contributed by atoms with Gasteiger partial charge in [-0.1, -0.05) is 50.2 Å². The molecule has 0 aliphatic heterocycles. The average Bonchev–Trinajstić information content (AvgIpc) is 3.78. The molecule has 6 nitrogen and oxygen atoms in total. The monoisotopic (exact) mass is 606 g/mol. The molecule has 4 aromatic carbocycles. The smallest absolute Gasteiger partial charge is 0.0964 e. The second-order valence-corrected chi connectivity index (χ2v) is 11.4. The summed E-state index contributed by atoms with van der Waals surface area (Å²) in [5.74, 6) is 0. The Morgan fingerprint density at radius 2 is 0.745 bits per heavy atom. The Labute approximate surface area is 270 Å². The van der Waals surface area contributed by atoms with Crippen LogP contribution in [0.4, 0.5) is 0 Å². The molecule has 10 aromatic rings. The largest absolute Gasteiger partial charge is 0.308 e. The molecule has 10 rings (SSSR count). The predicted octanol–water partition coefficient (Wildman–Crippen LogP) is 10.2. The van der Waals surface area contributed by atoms with Crippen LogP contribution < -0.4 is 0 Å². The molecule has 0 spiro atoms. The van der Waals surface area contributed by atoms with Gasteiger partial charge in [-0.25, -0.2) is 0 Å². The lowest BCUT2D eigenvalue weighted by Crippen LogP contribution is -1.96. The Balaban J connectivity index is 0.00000149. The molecule has 6 heteroatoms. The topological polar surface area (TPSA) is 53.5 Å². The van der Waals surface area contributed by atoms with Crippen LogP contribution in [-0.4, -0.2) is 28.7 Å². The van der Waals surface area contributed by atoms with Gasteiger partial charge in [-0.15, -0.1) is 0 Å². The van der Waals surface area contributed by atoms with E-state index in [1.807, 2.05) is 56.7 Å². The molecule has 224 valence electrons. The fourth-order valence-corrected chi connectivity index (χ4v) is 7.12. The van der Waals surface area contributed by atoms with Crippen molar-refractivity contribution >= 4 is 65.8 Å². The summed E-state index contributed by atoms with van der Waals surface area (Å²) in [4.78, 5) is 14.5. The highest BCUT2D eigenvalue weighted by Crippen LogP contribution is 2.37. The van der Waals surface area contributed by atoms with Gasteiger partial charge in [0, 0.05) is 51.8 Å². The van der Waals surface area contributed by atoms with Crippen LogP contribution in [0.2, 0.25) is 0 Å². The van der Waals surface area contributed by atoms with Crippen molar-refractivity contribution in [1.82, 2.24) is 28.7 Å². The number of hydrogen-bond acceptors (Lipinski definition) is 3. The zero-order valence-electron chi connectivity index (χ0n) is 26.0. The van der Waals surface area contributed by atoms with E-state index in [2.05, 4.69) is 117 Å². The number of benzene rings is 4. The first kappa shape index (κ1) is 27.1. The molecule has 6 aromatic heterocycles. The zero-order valence-corrected chi connectivity index (χ0v) is 26.0. The Bertz CT molecular complexity index is 2710. The summed E-state index contributed by atoms with van der Waals surface area (Å²) in [5.41, 5.74) is 12.8. The molecule has 0 bridgehead atoms. The number of aromatic nitrogens is 6. The molecule has 0 saturated carbocycles. The number of hydrogen-bond donors (Lipinski definition) is 0. The lowest BCUT2D eigenvalue weighted by atomic mass is 10.2. The van der Waals surface area contributed by atoms with Gasteiger partial charge in [0.1, 0.15) is 0 Å². The summed E-state index contributed by atoms with van der Waals surface area (Å²) in [6, 6.07) is 44.8. The van der Waals surface area contributed by atoms with Crippen LogP contribution >= 0.6 is 0 Å². The van der Waals surface area contributed by atoms with Gasteiger partial charge in [0.15, 0.2) is 0 Å². The molecule has 0 saturated heterocycles. The molecule has 0 N–H and O–H groups in total. The fraction of sp³-hybridized carbons (Fsp3) is 0.0488. The minimum atomic E-state index is 0.971. The first-order valence-corrected chi connectivity index (χ1v) is 16.0. The average molecular weight is 607 g/mol. The quantitative estimate of drug-likeness (QED) is 0.201. The minimum absolute atomic E-state index is 0.971. The Morgan fingerprint density at radius 1 is 0.340 bits per heavy atom. The van der Waals surface area contributed by atoms with E-state index in [1.165, 1.54) is 0 Å². The summed E-state index contributed by atoms with van der Waals surface area (Å²) < 4.78 is 6.92. The van der Waals surface area contributed by atoms with Gasteiger partial charge >= 0.3 is 0 Å². The van der Waals surface area contributed by atoms with E-state index in [1.54, 1.807) is 0 Å². The Morgan fingerprint density at radius 3 is 1.28 bits per heavy atom. The van der Waals surface area contributed by atoms with Gasteiger partial charge in [-0.2, -0.15) is 0 Å². The maximum atomic E-state index is 4.90. The lowest BCUT2D eigenvalue weighted by Gasteiger charge is -2.11. The summed E-state index contributed by atoms with van der Waals surface area (Å²) in [6.07, 6.45) is 5.62. The van der Waals surface area contributed by atoms with Crippen LogP contribution in [-0.2, 0) is 0 Å². The van der Waals surface area contributed by atoms with E-state index < -0.39 is 0 Å². The van der Waals surface area contributed by atoms with Crippen LogP contribution in [0.15, 0.2) is 146 Å². The zero-order chi connectivity index (χ0) is 31.5. The first-order chi connectivity index (χ1) is 23.3. The molecule has 0 radical (unpaired) electrons. The standard InChI is InChI=1S/C39H24N6.C2H6/c1-2-9-25(10-3-1)43-32-18-16-27(24-29(32)38-35(43)14-7-21-41-38)45-33-19-17-26(23-30(33)39-36(45)15-8-22-42-39)44-31-12-5-4-11-28(31)37-34(44)13-6-20-40-37;1-2/h1-24H;1-2H3. The molecular formula is C41H30N6. The number of pyridine rings is 3. The molecule has 0 fully saturated rings. The van der Waals surface area contributed by atoms with Crippen molar-refractivity contribution in [1.29, 1.82) is 0 Å². The van der Waals surface area contributed by atoms with E-state index in [9.17, 15) is 0 Å². The molecule has 6 heterocycles. The molecule has 47 heavy (non-hydrogen) atoms. The van der Waals surface area contributed by atoms with E-state index >= 15 is 0 Å². The van der Waals surface area contributed by atoms with Gasteiger partial charge in [0.2, 0.25) is 0 Å². The molecule has 0 aliphatic carbocycles. The van der Waals surface area contributed by atoms with Crippen LogP contribution in [0, 0.1) is 0 Å². The number of nitrogens with zero attached hydrogens (tertiary/aromatic N) is 6. The van der Waals surface area contributed by atoms with E-state index in [4.69, 9.17) is 15.0 Å². The van der Waals surface area contributed by atoms with E-state index in [0.717, 1.165) is 82.9 Å². The minimum Gasteiger partial charge on any atom is -0.308 e. The van der Waals surface area contributed by atoms with Crippen LogP contribution in [0.3, 0.4) is 0 Å². The highest BCUT2D eigenvalue weighted by Gasteiger charge is 2.19. The van der Waals surface area contributed by atoms with Gasteiger partial charge in [-0.05, 0) is 91.0 Å². The first-order valence-electron chi connectivity index (χ1n) is 16.0. The molecule has 0 unspecified atom stereocenters. The number of fused-ring (bicyclic) bond motifs is 9. The van der Waals surface area contributed by atoms with Crippen LogP contribution in [0.25, 0.3) is 82.9 Å². The molecule has 0 aliphatic rings. The third-order valence-electron chi connectivity index (χ3n) is 8.97. The van der Waals surface area contributed by atoms with Gasteiger partial charge in [-0.3, -0.25) is 15.0 Å². The van der Waals surface area contributed by atoms with Crippen LogP contribution in [0.5, 0.6) is 0 Å². The molecule has 0 atom stereocenters. The Kier molecular flexibility index (Phi) is 6.15. The molecule has 0 amide bonds. The second kappa shape index (κ2) is 10.7. The van der Waals surface area contributed by atoms with Crippen molar-refractivity contribution in [3.05, 3.63) is 146 Å². The third-order valence-corrected chi connectivity index (χ3v) is 8.97. The van der Waals surface area contributed by atoms with Gasteiger partial charge in [0.25, 0.3) is 0 Å². The highest BCUT2D eigenvalue weighted by atomic mass is 15.0. The van der Waals surface area contributed by atoms with Crippen molar-refractivity contribution in [2.45, 2.75) is 13.8 Å². The lowest BCUT2D eigenvalue weighted by molar-refractivity contribution is 1.16. The SMILES string of the molecule is CC.c1ccc(-n2c3ccc(-n4c5ccc(-n6c7ccccc7c7ncccc76)cc5c5ncccc54)cc3c3ncccc32)cc1. The van der Waals surface area contributed by atoms with E-state index in [-0.39, 0.29) is 0 Å². The van der Waals surface area contributed by atoms with Gasteiger partial charge < -0.3 is 13.7 Å². The number of para-hydroxylation sites is 2. The normalized spacial score (nSPS) is 11.6. The summed E-state index contributed by atoms with van der Waals surface area (Å²) in [6.45, 7) is 4.00. The second-order valence-electron chi connectivity index (χ2n) is 11.4. The summed E-state index contributed by atoms with van der Waals surface area (Å²) >= 11 is 0. The van der Waals surface area contributed by atoms with Crippen LogP contribution in [0.1, 0.15) is 13.8 Å². The molecular weight excluding hydrogens is 576 g/mol. The predicted molar refractivity (Wildman–Crippen MR) is 194 cm³/mol. The van der Waals surface area contributed by atoms with E-state index in [0.29, 0.717) is 0 Å². The van der Waals surface area contributed by atoms with Crippen molar-refractivity contribution in [3.8, 4) is 17.1 Å². The third kappa shape index (κ3) is 3.95. The summed E-state index contributed by atoms with van der Waals surface area (Å²) in [7, 11) is 0. The Hall–Kier alpha value is -6.27.